The molecule has 9 heteroatoms. The average Bonchev–Trinajstić information content (AvgIpc) is 3.31. The number of ether oxygens (including phenoxy) is 1. The lowest BCUT2D eigenvalue weighted by molar-refractivity contribution is -0.116. The molecule has 0 bridgehead atoms. The maximum Gasteiger partial charge on any atom is 0.341 e. The van der Waals surface area contributed by atoms with Crippen LogP contribution in [0.5, 0.6) is 0 Å². The Morgan fingerprint density at radius 1 is 1.23 bits per heavy atom. The van der Waals surface area contributed by atoms with E-state index in [0.717, 1.165) is 17.6 Å². The second-order valence-electron chi connectivity index (χ2n) is 6.50. The quantitative estimate of drug-likeness (QED) is 0.458. The highest BCUT2D eigenvalue weighted by Crippen LogP contribution is 2.34. The van der Waals surface area contributed by atoms with Gasteiger partial charge in [0.15, 0.2) is 6.29 Å². The molecule has 1 N–H and O–H groups in total. The average molecular weight is 434 g/mol. The van der Waals surface area contributed by atoms with Gasteiger partial charge in [-0.3, -0.25) is 14.4 Å². The molecule has 0 aliphatic carbocycles. The van der Waals surface area contributed by atoms with Crippen molar-refractivity contribution in [2.75, 3.05) is 25.0 Å². The molecule has 162 valence electrons. The van der Waals surface area contributed by atoms with Gasteiger partial charge in [-0.1, -0.05) is 0 Å². The van der Waals surface area contributed by atoms with E-state index >= 15 is 0 Å². The van der Waals surface area contributed by atoms with E-state index in [1.165, 1.54) is 0 Å². The minimum atomic E-state index is -0.575. The SMILES string of the molecule is CCOC(=O)c1c(NC(=O)CCn2cccc2C=O)sc(C(=O)N(CC)CC)c1C. The summed E-state index contributed by atoms with van der Waals surface area (Å²) in [4.78, 5) is 50.9. The summed E-state index contributed by atoms with van der Waals surface area (Å²) >= 11 is 1.08. The predicted molar refractivity (Wildman–Crippen MR) is 115 cm³/mol. The standard InChI is InChI=1S/C21H27N3O5S/c1-5-23(6-2)20(27)18-14(4)17(21(28)29-7-3)19(30-18)22-16(26)10-12-24-11-8-9-15(24)13-25/h8-9,11,13H,5-7,10,12H2,1-4H3,(H,22,26). The van der Waals surface area contributed by atoms with Crippen LogP contribution in [-0.2, 0) is 16.1 Å². The summed E-state index contributed by atoms with van der Waals surface area (Å²) in [5.41, 5.74) is 1.19. The van der Waals surface area contributed by atoms with Crippen molar-refractivity contribution in [3.8, 4) is 0 Å². The fourth-order valence-corrected chi connectivity index (χ4v) is 4.24. The van der Waals surface area contributed by atoms with Gasteiger partial charge in [0.25, 0.3) is 5.91 Å². The van der Waals surface area contributed by atoms with Crippen LogP contribution in [0.1, 0.15) is 63.3 Å². The Bertz CT molecular complexity index is 927. The molecule has 0 aliphatic heterocycles. The molecular weight excluding hydrogens is 406 g/mol. The highest BCUT2D eigenvalue weighted by Gasteiger charge is 2.28. The Balaban J connectivity index is 2.27. The summed E-state index contributed by atoms with van der Waals surface area (Å²) in [5, 5.41) is 3.05. The van der Waals surface area contributed by atoms with Crippen LogP contribution in [-0.4, -0.2) is 53.2 Å². The van der Waals surface area contributed by atoms with E-state index in [1.54, 1.807) is 41.6 Å². The maximum absolute atomic E-state index is 12.8. The highest BCUT2D eigenvalue weighted by atomic mass is 32.1. The number of aryl methyl sites for hydroxylation is 1. The van der Waals surface area contributed by atoms with Crippen molar-refractivity contribution in [2.45, 2.75) is 40.7 Å². The third-order valence-corrected chi connectivity index (χ3v) is 5.88. The number of nitrogens with zero attached hydrogens (tertiary/aromatic N) is 2. The first-order valence-electron chi connectivity index (χ1n) is 9.87. The van der Waals surface area contributed by atoms with Crippen molar-refractivity contribution in [2.24, 2.45) is 0 Å². The van der Waals surface area contributed by atoms with Crippen molar-refractivity contribution in [1.29, 1.82) is 0 Å². The number of thiophene rings is 1. The number of hydrogen-bond donors (Lipinski definition) is 1. The van der Waals surface area contributed by atoms with E-state index in [2.05, 4.69) is 5.32 Å². The summed E-state index contributed by atoms with van der Waals surface area (Å²) in [6, 6.07) is 3.39. The van der Waals surface area contributed by atoms with E-state index in [1.807, 2.05) is 13.8 Å². The number of hydrogen-bond acceptors (Lipinski definition) is 6. The van der Waals surface area contributed by atoms with Gasteiger partial charge in [0.2, 0.25) is 5.91 Å². The van der Waals surface area contributed by atoms with E-state index in [4.69, 9.17) is 4.74 Å². The van der Waals surface area contributed by atoms with Crippen LogP contribution in [0.2, 0.25) is 0 Å². The number of nitrogens with one attached hydrogen (secondary N) is 1. The molecule has 0 atom stereocenters. The summed E-state index contributed by atoms with van der Waals surface area (Å²) in [5.74, 6) is -1.08. The van der Waals surface area contributed by atoms with Crippen LogP contribution in [0, 0.1) is 6.92 Å². The Labute approximate surface area is 179 Å². The fraction of sp³-hybridized carbons (Fsp3) is 0.429. The van der Waals surface area contributed by atoms with Crippen LogP contribution in [0.3, 0.4) is 0 Å². The minimum Gasteiger partial charge on any atom is -0.462 e. The van der Waals surface area contributed by atoms with Gasteiger partial charge in [-0.2, -0.15) is 0 Å². The van der Waals surface area contributed by atoms with Gasteiger partial charge < -0.3 is 19.5 Å². The van der Waals surface area contributed by atoms with Crippen LogP contribution in [0.4, 0.5) is 5.00 Å². The number of carbonyl (C=O) groups is 4. The molecule has 8 nitrogen and oxygen atoms in total. The van der Waals surface area contributed by atoms with Crippen LogP contribution < -0.4 is 5.32 Å². The molecule has 2 amide bonds. The summed E-state index contributed by atoms with van der Waals surface area (Å²) < 4.78 is 6.81. The number of rotatable bonds is 10. The maximum atomic E-state index is 12.8. The largest absolute Gasteiger partial charge is 0.462 e. The number of aromatic nitrogens is 1. The highest BCUT2D eigenvalue weighted by molar-refractivity contribution is 7.18. The smallest absolute Gasteiger partial charge is 0.341 e. The van der Waals surface area contributed by atoms with E-state index in [0.29, 0.717) is 40.8 Å². The van der Waals surface area contributed by atoms with Crippen molar-refractivity contribution < 1.29 is 23.9 Å². The summed E-state index contributed by atoms with van der Waals surface area (Å²) in [6.45, 7) is 8.73. The van der Waals surface area contributed by atoms with Gasteiger partial charge in [0, 0.05) is 32.3 Å². The molecule has 0 aromatic carbocycles. The number of carbonyl (C=O) groups excluding carboxylic acids is 4. The van der Waals surface area contributed by atoms with E-state index in [-0.39, 0.29) is 30.4 Å². The molecule has 0 unspecified atom stereocenters. The van der Waals surface area contributed by atoms with Gasteiger partial charge in [-0.25, -0.2) is 4.79 Å². The molecule has 0 saturated heterocycles. The third kappa shape index (κ3) is 5.15. The molecule has 2 aromatic heterocycles. The zero-order valence-electron chi connectivity index (χ0n) is 17.7. The van der Waals surface area contributed by atoms with E-state index < -0.39 is 5.97 Å². The minimum absolute atomic E-state index is 0.105. The molecule has 0 spiro atoms. The number of amides is 2. The van der Waals surface area contributed by atoms with Crippen molar-refractivity contribution in [1.82, 2.24) is 9.47 Å². The van der Waals surface area contributed by atoms with Crippen molar-refractivity contribution in [3.05, 3.63) is 40.0 Å². The fourth-order valence-electron chi connectivity index (χ4n) is 3.06. The Morgan fingerprint density at radius 3 is 2.53 bits per heavy atom. The molecule has 0 aliphatic rings. The monoisotopic (exact) mass is 433 g/mol. The zero-order valence-corrected chi connectivity index (χ0v) is 18.5. The first-order valence-corrected chi connectivity index (χ1v) is 10.7. The molecule has 2 aromatic rings. The number of anilines is 1. The molecule has 30 heavy (non-hydrogen) atoms. The Kier molecular flexibility index (Phi) is 8.35. The second kappa shape index (κ2) is 10.7. The van der Waals surface area contributed by atoms with Crippen molar-refractivity contribution >= 4 is 40.4 Å². The van der Waals surface area contributed by atoms with Crippen molar-refractivity contribution in [3.63, 3.8) is 0 Å². The molecule has 2 rings (SSSR count). The third-order valence-electron chi connectivity index (χ3n) is 4.69. The second-order valence-corrected chi connectivity index (χ2v) is 7.52. The van der Waals surface area contributed by atoms with Gasteiger partial charge in [0.05, 0.1) is 22.7 Å². The van der Waals surface area contributed by atoms with Crippen LogP contribution >= 0.6 is 11.3 Å². The van der Waals surface area contributed by atoms with Gasteiger partial charge >= 0.3 is 5.97 Å². The topological polar surface area (TPSA) is 97.7 Å². The lowest BCUT2D eigenvalue weighted by Gasteiger charge is -2.18. The molecular formula is C21H27N3O5S. The molecule has 0 fully saturated rings. The molecule has 2 heterocycles. The Hall–Kier alpha value is -2.94. The zero-order chi connectivity index (χ0) is 22.3. The molecule has 0 radical (unpaired) electrons. The first kappa shape index (κ1) is 23.3. The molecule has 0 saturated carbocycles. The normalized spacial score (nSPS) is 10.5. The first-order chi connectivity index (χ1) is 14.4. The van der Waals surface area contributed by atoms with Gasteiger partial charge in [-0.05, 0) is 45.4 Å². The van der Waals surface area contributed by atoms with Gasteiger partial charge in [-0.15, -0.1) is 11.3 Å². The van der Waals surface area contributed by atoms with Gasteiger partial charge in [0.1, 0.15) is 5.00 Å². The summed E-state index contributed by atoms with van der Waals surface area (Å²) in [7, 11) is 0. The lowest BCUT2D eigenvalue weighted by atomic mass is 10.1. The number of aldehydes is 1. The number of esters is 1. The van der Waals surface area contributed by atoms with E-state index in [9.17, 15) is 19.2 Å². The Morgan fingerprint density at radius 2 is 1.93 bits per heavy atom. The van der Waals surface area contributed by atoms with Crippen LogP contribution in [0.15, 0.2) is 18.3 Å². The summed E-state index contributed by atoms with van der Waals surface area (Å²) in [6.07, 6.45) is 2.55. The lowest BCUT2D eigenvalue weighted by Crippen LogP contribution is -2.30. The predicted octanol–water partition coefficient (Wildman–Crippen LogP) is 3.36. The van der Waals surface area contributed by atoms with Crippen LogP contribution in [0.25, 0.3) is 0 Å².